The Kier molecular flexibility index (Phi) is 3.69. The van der Waals surface area contributed by atoms with Crippen LogP contribution >= 0.6 is 15.9 Å². The summed E-state index contributed by atoms with van der Waals surface area (Å²) in [5.74, 6) is 0. The van der Waals surface area contributed by atoms with Crippen molar-refractivity contribution in [2.45, 2.75) is 46.2 Å². The predicted octanol–water partition coefficient (Wildman–Crippen LogP) is 3.81. The second-order valence-electron chi connectivity index (χ2n) is 5.67. The summed E-state index contributed by atoms with van der Waals surface area (Å²) in [5.41, 5.74) is 5.92. The van der Waals surface area contributed by atoms with E-state index in [0.717, 1.165) is 28.4 Å². The molecule has 0 bridgehead atoms. The predicted molar refractivity (Wildman–Crippen MR) is 85.3 cm³/mol. The lowest BCUT2D eigenvalue weighted by molar-refractivity contribution is 0.686. The minimum atomic E-state index is 0.739. The maximum atomic E-state index is 4.64. The number of hydrogen-bond acceptors (Lipinski definition) is 2. The zero-order chi connectivity index (χ0) is 14.3. The number of nitrogens with zero attached hydrogens (tertiary/aromatic N) is 2. The second-order valence-corrected chi connectivity index (χ2v) is 6.47. The molecule has 0 amide bonds. The third-order valence-corrected chi connectivity index (χ3v) is 5.02. The van der Waals surface area contributed by atoms with Crippen LogP contribution in [0.3, 0.4) is 0 Å². The minimum Gasteiger partial charge on any atom is -0.310 e. The van der Waals surface area contributed by atoms with E-state index in [1.165, 1.54) is 29.7 Å². The molecule has 0 unspecified atom stereocenters. The lowest BCUT2D eigenvalue weighted by Crippen LogP contribution is -2.15. The fraction of sp³-hybridized carbons (Fsp3) is 0.438. The fourth-order valence-corrected chi connectivity index (χ4v) is 2.65. The van der Waals surface area contributed by atoms with Crippen LogP contribution in [-0.2, 0) is 6.54 Å². The molecular formula is C16H20BrN3. The topological polar surface area (TPSA) is 29.9 Å². The van der Waals surface area contributed by atoms with Gasteiger partial charge in [-0.1, -0.05) is 12.1 Å². The van der Waals surface area contributed by atoms with Gasteiger partial charge in [-0.15, -0.1) is 0 Å². The van der Waals surface area contributed by atoms with Crippen molar-refractivity contribution in [3.63, 3.8) is 0 Å². The monoisotopic (exact) mass is 333 g/mol. The molecule has 2 aromatic rings. The lowest BCUT2D eigenvalue weighted by Gasteiger charge is -2.11. The molecule has 0 aliphatic heterocycles. The van der Waals surface area contributed by atoms with E-state index in [-0.39, 0.29) is 0 Å². The first-order valence-corrected chi connectivity index (χ1v) is 7.90. The van der Waals surface area contributed by atoms with Gasteiger partial charge in [0.25, 0.3) is 0 Å². The van der Waals surface area contributed by atoms with Crippen molar-refractivity contribution in [3.8, 4) is 5.69 Å². The SMILES string of the molecule is Cc1ccc(CNC2CC2)cc1-n1nc(C)c(Br)c1C. The van der Waals surface area contributed by atoms with Gasteiger partial charge in [-0.05, 0) is 66.7 Å². The quantitative estimate of drug-likeness (QED) is 0.921. The van der Waals surface area contributed by atoms with E-state index >= 15 is 0 Å². The number of aryl methyl sites for hydroxylation is 2. The van der Waals surface area contributed by atoms with Gasteiger partial charge in [-0.2, -0.15) is 5.10 Å². The molecule has 3 rings (SSSR count). The standard InChI is InChI=1S/C16H20BrN3/c1-10-4-5-13(9-18-14-6-7-14)8-15(10)20-12(3)16(17)11(2)19-20/h4-5,8,14,18H,6-7,9H2,1-3H3. The summed E-state index contributed by atoms with van der Waals surface area (Å²) in [5, 5.41) is 8.20. The number of rotatable bonds is 4. The molecule has 1 aromatic heterocycles. The van der Waals surface area contributed by atoms with E-state index in [0.29, 0.717) is 0 Å². The molecule has 1 saturated carbocycles. The second kappa shape index (κ2) is 5.34. The molecule has 1 aliphatic carbocycles. The Hall–Kier alpha value is -1.13. The van der Waals surface area contributed by atoms with Gasteiger partial charge in [-0.25, -0.2) is 4.68 Å². The largest absolute Gasteiger partial charge is 0.310 e. The van der Waals surface area contributed by atoms with Crippen molar-refractivity contribution in [3.05, 3.63) is 45.2 Å². The molecule has 1 fully saturated rings. The van der Waals surface area contributed by atoms with Crippen LogP contribution in [0.4, 0.5) is 0 Å². The number of hydrogen-bond donors (Lipinski definition) is 1. The summed E-state index contributed by atoms with van der Waals surface area (Å²) >= 11 is 3.60. The summed E-state index contributed by atoms with van der Waals surface area (Å²) in [7, 11) is 0. The molecule has 1 aromatic carbocycles. The maximum absolute atomic E-state index is 4.64. The molecule has 1 heterocycles. The Labute approximate surface area is 128 Å². The lowest BCUT2D eigenvalue weighted by atomic mass is 10.1. The Morgan fingerprint density at radius 2 is 2.05 bits per heavy atom. The Morgan fingerprint density at radius 1 is 1.30 bits per heavy atom. The molecule has 1 N–H and O–H groups in total. The number of nitrogens with one attached hydrogen (secondary N) is 1. The molecule has 0 atom stereocenters. The molecular weight excluding hydrogens is 314 g/mol. The van der Waals surface area contributed by atoms with Crippen molar-refractivity contribution in [2.75, 3.05) is 0 Å². The van der Waals surface area contributed by atoms with E-state index in [9.17, 15) is 0 Å². The molecule has 106 valence electrons. The molecule has 0 spiro atoms. The van der Waals surface area contributed by atoms with Crippen molar-refractivity contribution in [2.24, 2.45) is 0 Å². The van der Waals surface area contributed by atoms with Crippen molar-refractivity contribution in [1.82, 2.24) is 15.1 Å². The van der Waals surface area contributed by atoms with Crippen LogP contribution in [0.1, 0.15) is 35.4 Å². The smallest absolute Gasteiger partial charge is 0.0743 e. The highest BCUT2D eigenvalue weighted by atomic mass is 79.9. The fourth-order valence-electron chi connectivity index (χ4n) is 2.40. The highest BCUT2D eigenvalue weighted by molar-refractivity contribution is 9.10. The molecule has 0 saturated heterocycles. The van der Waals surface area contributed by atoms with Gasteiger partial charge in [0.15, 0.2) is 0 Å². The van der Waals surface area contributed by atoms with Gasteiger partial charge in [0.2, 0.25) is 0 Å². The zero-order valence-electron chi connectivity index (χ0n) is 12.2. The van der Waals surface area contributed by atoms with Gasteiger partial charge in [0.05, 0.1) is 21.5 Å². The number of aromatic nitrogens is 2. The normalized spacial score (nSPS) is 14.8. The third kappa shape index (κ3) is 2.67. The van der Waals surface area contributed by atoms with Crippen molar-refractivity contribution >= 4 is 15.9 Å². The Bertz CT molecular complexity index is 641. The summed E-state index contributed by atoms with van der Waals surface area (Å²) in [6.07, 6.45) is 2.65. The zero-order valence-corrected chi connectivity index (χ0v) is 13.8. The van der Waals surface area contributed by atoms with Crippen LogP contribution in [0.15, 0.2) is 22.7 Å². The first-order valence-electron chi connectivity index (χ1n) is 7.11. The van der Waals surface area contributed by atoms with Crippen LogP contribution in [0.2, 0.25) is 0 Å². The molecule has 0 radical (unpaired) electrons. The first kappa shape index (κ1) is 13.8. The maximum Gasteiger partial charge on any atom is 0.0743 e. The summed E-state index contributed by atoms with van der Waals surface area (Å²) in [4.78, 5) is 0. The van der Waals surface area contributed by atoms with E-state index < -0.39 is 0 Å². The van der Waals surface area contributed by atoms with Crippen LogP contribution in [-0.4, -0.2) is 15.8 Å². The molecule has 3 nitrogen and oxygen atoms in total. The highest BCUT2D eigenvalue weighted by Crippen LogP contribution is 2.25. The van der Waals surface area contributed by atoms with E-state index in [4.69, 9.17) is 0 Å². The third-order valence-electron chi connectivity index (χ3n) is 3.88. The Morgan fingerprint density at radius 3 is 2.65 bits per heavy atom. The average molecular weight is 334 g/mol. The van der Waals surface area contributed by atoms with Gasteiger partial charge >= 0.3 is 0 Å². The highest BCUT2D eigenvalue weighted by Gasteiger charge is 2.20. The summed E-state index contributed by atoms with van der Waals surface area (Å²) in [6, 6.07) is 7.37. The first-order chi connectivity index (χ1) is 9.56. The van der Waals surface area contributed by atoms with Gasteiger partial charge in [0.1, 0.15) is 0 Å². The number of benzene rings is 1. The number of halogens is 1. The Balaban J connectivity index is 1.94. The summed E-state index contributed by atoms with van der Waals surface area (Å²) in [6.45, 7) is 7.20. The van der Waals surface area contributed by atoms with E-state index in [1.807, 2.05) is 11.6 Å². The summed E-state index contributed by atoms with van der Waals surface area (Å²) < 4.78 is 3.13. The van der Waals surface area contributed by atoms with Crippen LogP contribution < -0.4 is 5.32 Å². The van der Waals surface area contributed by atoms with Gasteiger partial charge in [-0.3, -0.25) is 0 Å². The average Bonchev–Trinajstić information content (AvgIpc) is 3.22. The van der Waals surface area contributed by atoms with Gasteiger partial charge < -0.3 is 5.32 Å². The molecule has 20 heavy (non-hydrogen) atoms. The van der Waals surface area contributed by atoms with Crippen molar-refractivity contribution < 1.29 is 0 Å². The minimum absolute atomic E-state index is 0.739. The van der Waals surface area contributed by atoms with Gasteiger partial charge in [0, 0.05) is 12.6 Å². The van der Waals surface area contributed by atoms with E-state index in [2.05, 4.69) is 58.4 Å². The van der Waals surface area contributed by atoms with Crippen LogP contribution in [0.5, 0.6) is 0 Å². The van der Waals surface area contributed by atoms with E-state index in [1.54, 1.807) is 0 Å². The molecule has 1 aliphatic rings. The van der Waals surface area contributed by atoms with Crippen LogP contribution in [0, 0.1) is 20.8 Å². The molecule has 4 heteroatoms. The van der Waals surface area contributed by atoms with Crippen molar-refractivity contribution in [1.29, 1.82) is 0 Å². The van der Waals surface area contributed by atoms with Crippen LogP contribution in [0.25, 0.3) is 5.69 Å².